The first-order valence-electron chi connectivity index (χ1n) is 6.14. The fourth-order valence-electron chi connectivity index (χ4n) is 2.00. The summed E-state index contributed by atoms with van der Waals surface area (Å²) in [4.78, 5) is 6.16. The molecule has 0 unspecified atom stereocenters. The Morgan fingerprint density at radius 2 is 2.05 bits per heavy atom. The Bertz CT molecular complexity index is 615. The maximum atomic E-state index is 5.80. The number of methoxy groups -OCH3 is 1. The molecule has 0 spiro atoms. The van der Waals surface area contributed by atoms with Crippen LogP contribution in [0, 0.1) is 0 Å². The van der Waals surface area contributed by atoms with Crippen LogP contribution in [-0.4, -0.2) is 17.1 Å². The average molecular weight is 290 g/mol. The molecule has 2 N–H and O–H groups in total. The molecule has 0 atom stereocenters. The second-order valence-electron chi connectivity index (χ2n) is 4.60. The molecule has 0 amide bonds. The molecule has 1 aliphatic rings. The number of hydrogen-bond donors (Lipinski definition) is 1. The van der Waals surface area contributed by atoms with Gasteiger partial charge < -0.3 is 10.5 Å². The van der Waals surface area contributed by atoms with E-state index in [0.29, 0.717) is 10.9 Å². The van der Waals surface area contributed by atoms with Gasteiger partial charge in [-0.25, -0.2) is 4.98 Å². The van der Waals surface area contributed by atoms with Crippen LogP contribution < -0.4 is 10.5 Å². The van der Waals surface area contributed by atoms with Crippen LogP contribution in [0.3, 0.4) is 0 Å². The van der Waals surface area contributed by atoms with Gasteiger partial charge in [-0.1, -0.05) is 12.2 Å². The Balaban J connectivity index is 1.99. The maximum absolute atomic E-state index is 5.80. The first-order chi connectivity index (χ1) is 9.19. The summed E-state index contributed by atoms with van der Waals surface area (Å²) in [7, 11) is 1.66. The monoisotopic (exact) mass is 290 g/mol. The van der Waals surface area contributed by atoms with Crippen molar-refractivity contribution in [3.63, 3.8) is 0 Å². The SMILES string of the molecule is COc1ccc(-c2nc(C3CC3)c(C(N)=S)s2)cc1. The lowest BCUT2D eigenvalue weighted by molar-refractivity contribution is 0.415. The van der Waals surface area contributed by atoms with Crippen molar-refractivity contribution in [2.45, 2.75) is 18.8 Å². The summed E-state index contributed by atoms with van der Waals surface area (Å²) in [6, 6.07) is 7.90. The van der Waals surface area contributed by atoms with Gasteiger partial charge in [0.25, 0.3) is 0 Å². The molecular weight excluding hydrogens is 276 g/mol. The number of rotatable bonds is 4. The van der Waals surface area contributed by atoms with Gasteiger partial charge in [-0.05, 0) is 37.1 Å². The van der Waals surface area contributed by atoms with Gasteiger partial charge in [0.05, 0.1) is 17.7 Å². The number of benzene rings is 1. The van der Waals surface area contributed by atoms with Gasteiger partial charge in [0.15, 0.2) is 0 Å². The van der Waals surface area contributed by atoms with Crippen molar-refractivity contribution in [1.29, 1.82) is 0 Å². The van der Waals surface area contributed by atoms with Gasteiger partial charge in [-0.3, -0.25) is 0 Å². The first kappa shape index (κ1) is 12.6. The molecule has 0 aliphatic heterocycles. The Morgan fingerprint density at radius 3 is 2.58 bits per heavy atom. The Labute approximate surface area is 121 Å². The van der Waals surface area contributed by atoms with Crippen LogP contribution in [0.1, 0.15) is 29.3 Å². The quantitative estimate of drug-likeness (QED) is 0.877. The summed E-state index contributed by atoms with van der Waals surface area (Å²) >= 11 is 6.71. The predicted octanol–water partition coefficient (Wildman–Crippen LogP) is 3.33. The van der Waals surface area contributed by atoms with E-state index in [2.05, 4.69) is 0 Å². The fourth-order valence-corrected chi connectivity index (χ4v) is 3.24. The molecule has 1 aliphatic carbocycles. The molecule has 0 radical (unpaired) electrons. The van der Waals surface area contributed by atoms with Crippen LogP contribution in [0.15, 0.2) is 24.3 Å². The molecule has 0 saturated heterocycles. The molecule has 1 heterocycles. The minimum atomic E-state index is 0.458. The van der Waals surface area contributed by atoms with Gasteiger partial charge >= 0.3 is 0 Å². The summed E-state index contributed by atoms with van der Waals surface area (Å²) in [5, 5.41) is 0.979. The standard InChI is InChI=1S/C14H14N2OS2/c1-17-10-6-4-9(5-7-10)14-16-11(8-2-3-8)12(19-14)13(15)18/h4-8H,2-3H2,1H3,(H2,15,18). The van der Waals surface area contributed by atoms with E-state index in [-0.39, 0.29) is 0 Å². The minimum absolute atomic E-state index is 0.458. The van der Waals surface area contributed by atoms with Crippen LogP contribution in [0.5, 0.6) is 5.75 Å². The van der Waals surface area contributed by atoms with Crippen LogP contribution in [-0.2, 0) is 0 Å². The lowest BCUT2D eigenvalue weighted by Crippen LogP contribution is -2.09. The number of thiazole rings is 1. The van der Waals surface area contributed by atoms with Crippen LogP contribution >= 0.6 is 23.6 Å². The van der Waals surface area contributed by atoms with Crippen molar-refractivity contribution in [2.75, 3.05) is 7.11 Å². The molecule has 19 heavy (non-hydrogen) atoms. The number of nitrogens with zero attached hydrogens (tertiary/aromatic N) is 1. The second kappa shape index (κ2) is 4.90. The summed E-state index contributed by atoms with van der Waals surface area (Å²) in [6.45, 7) is 0. The molecular formula is C14H14N2OS2. The van der Waals surface area contributed by atoms with Gasteiger partial charge in [-0.15, -0.1) is 11.3 Å². The van der Waals surface area contributed by atoms with Crippen molar-refractivity contribution < 1.29 is 4.74 Å². The number of ether oxygens (including phenoxy) is 1. The van der Waals surface area contributed by atoms with Crippen molar-refractivity contribution in [2.24, 2.45) is 5.73 Å². The van der Waals surface area contributed by atoms with Crippen LogP contribution in [0.25, 0.3) is 10.6 Å². The highest BCUT2D eigenvalue weighted by Crippen LogP contribution is 2.44. The van der Waals surface area contributed by atoms with E-state index in [4.69, 9.17) is 27.7 Å². The maximum Gasteiger partial charge on any atom is 0.124 e. The zero-order valence-electron chi connectivity index (χ0n) is 10.6. The Morgan fingerprint density at radius 1 is 1.37 bits per heavy atom. The van der Waals surface area contributed by atoms with Gasteiger partial charge in [-0.2, -0.15) is 0 Å². The largest absolute Gasteiger partial charge is 0.497 e. The van der Waals surface area contributed by atoms with Crippen molar-refractivity contribution in [1.82, 2.24) is 4.98 Å². The number of hydrogen-bond acceptors (Lipinski definition) is 4. The highest BCUT2D eigenvalue weighted by atomic mass is 32.1. The summed E-state index contributed by atoms with van der Waals surface area (Å²) in [6.07, 6.45) is 2.39. The molecule has 1 fully saturated rings. The zero-order valence-corrected chi connectivity index (χ0v) is 12.2. The van der Waals surface area contributed by atoms with E-state index in [1.807, 2.05) is 24.3 Å². The van der Waals surface area contributed by atoms with Crippen LogP contribution in [0.2, 0.25) is 0 Å². The van der Waals surface area contributed by atoms with E-state index in [9.17, 15) is 0 Å². The molecule has 98 valence electrons. The molecule has 1 aromatic heterocycles. The molecule has 1 aromatic carbocycles. The first-order valence-corrected chi connectivity index (χ1v) is 7.36. The lowest BCUT2D eigenvalue weighted by Gasteiger charge is -2.00. The molecule has 5 heteroatoms. The highest BCUT2D eigenvalue weighted by Gasteiger charge is 2.30. The molecule has 3 rings (SSSR count). The smallest absolute Gasteiger partial charge is 0.124 e. The number of thiocarbonyl (C=S) groups is 1. The van der Waals surface area contributed by atoms with E-state index in [1.54, 1.807) is 18.4 Å². The van der Waals surface area contributed by atoms with Gasteiger partial charge in [0.2, 0.25) is 0 Å². The fraction of sp³-hybridized carbons (Fsp3) is 0.286. The Kier molecular flexibility index (Phi) is 3.24. The summed E-state index contributed by atoms with van der Waals surface area (Å²) < 4.78 is 5.16. The van der Waals surface area contributed by atoms with Crippen LogP contribution in [0.4, 0.5) is 0 Å². The van der Waals surface area contributed by atoms with Crippen molar-refractivity contribution in [3.8, 4) is 16.3 Å². The summed E-state index contributed by atoms with van der Waals surface area (Å²) in [5.74, 6) is 1.40. The van der Waals surface area contributed by atoms with Crippen molar-refractivity contribution >= 4 is 28.5 Å². The Hall–Kier alpha value is -1.46. The number of nitrogens with two attached hydrogens (primary N) is 1. The van der Waals surface area contributed by atoms with E-state index >= 15 is 0 Å². The third-order valence-electron chi connectivity index (χ3n) is 3.18. The topological polar surface area (TPSA) is 48.1 Å². The van der Waals surface area contributed by atoms with Gasteiger partial charge in [0.1, 0.15) is 15.7 Å². The zero-order chi connectivity index (χ0) is 13.4. The van der Waals surface area contributed by atoms with Crippen molar-refractivity contribution in [3.05, 3.63) is 34.8 Å². The van der Waals surface area contributed by atoms with E-state index < -0.39 is 0 Å². The summed E-state index contributed by atoms with van der Waals surface area (Å²) in [5.41, 5.74) is 7.96. The molecule has 1 saturated carbocycles. The van der Waals surface area contributed by atoms with E-state index in [0.717, 1.165) is 26.9 Å². The number of aromatic nitrogens is 1. The normalized spacial score (nSPS) is 14.4. The third kappa shape index (κ3) is 2.48. The molecule has 3 nitrogen and oxygen atoms in total. The molecule has 2 aromatic rings. The second-order valence-corrected chi connectivity index (χ2v) is 6.04. The lowest BCUT2D eigenvalue weighted by atomic mass is 10.2. The minimum Gasteiger partial charge on any atom is -0.497 e. The predicted molar refractivity (Wildman–Crippen MR) is 82.0 cm³/mol. The van der Waals surface area contributed by atoms with E-state index in [1.165, 1.54) is 12.8 Å². The highest BCUT2D eigenvalue weighted by molar-refractivity contribution is 7.81. The third-order valence-corrected chi connectivity index (χ3v) is 4.67. The average Bonchev–Trinajstić information content (AvgIpc) is 3.17. The molecule has 0 bridgehead atoms. The van der Waals surface area contributed by atoms with Gasteiger partial charge in [0, 0.05) is 11.5 Å².